The smallest absolute Gasteiger partial charge is 0.488 e. The molecule has 6 heteroatoms. The number of para-hydroxylation sites is 1. The van der Waals surface area contributed by atoms with Crippen LogP contribution in [-0.2, 0) is 6.61 Å². The van der Waals surface area contributed by atoms with Gasteiger partial charge in [0.25, 0.3) is 0 Å². The van der Waals surface area contributed by atoms with Crippen LogP contribution in [0.3, 0.4) is 0 Å². The fourth-order valence-electron chi connectivity index (χ4n) is 2.52. The minimum absolute atomic E-state index is 0.250. The van der Waals surface area contributed by atoms with Crippen molar-refractivity contribution in [3.63, 3.8) is 0 Å². The number of anilines is 1. The van der Waals surface area contributed by atoms with E-state index in [1.807, 2.05) is 30.3 Å². The Morgan fingerprint density at radius 1 is 0.769 bits per heavy atom. The molecule has 3 aromatic carbocycles. The van der Waals surface area contributed by atoms with Crippen molar-refractivity contribution in [3.8, 4) is 22.6 Å². The molecule has 0 saturated heterocycles. The summed E-state index contributed by atoms with van der Waals surface area (Å²) in [7, 11) is 0. The Bertz CT molecular complexity index is 880. The number of nitrogens with two attached hydrogens (primary N) is 1. The third kappa shape index (κ3) is 4.47. The normalized spacial score (nSPS) is 11.2. The van der Waals surface area contributed by atoms with E-state index in [1.54, 1.807) is 24.3 Å². The summed E-state index contributed by atoms with van der Waals surface area (Å²) >= 11 is 0. The van der Waals surface area contributed by atoms with Crippen molar-refractivity contribution in [1.82, 2.24) is 0 Å². The van der Waals surface area contributed by atoms with Crippen molar-refractivity contribution < 1.29 is 22.6 Å². The number of benzene rings is 3. The molecule has 0 saturated carbocycles. The third-order valence-corrected chi connectivity index (χ3v) is 3.64. The van der Waals surface area contributed by atoms with Crippen LogP contribution >= 0.6 is 0 Å². The number of hydrogen-bond acceptors (Lipinski definition) is 3. The molecule has 0 bridgehead atoms. The van der Waals surface area contributed by atoms with Gasteiger partial charge in [-0.25, -0.2) is 0 Å². The van der Waals surface area contributed by atoms with Crippen LogP contribution in [0.1, 0.15) is 5.56 Å². The van der Waals surface area contributed by atoms with Crippen LogP contribution in [0.25, 0.3) is 11.1 Å². The lowest BCUT2D eigenvalue weighted by Gasteiger charge is -2.17. The molecule has 0 atom stereocenters. The largest absolute Gasteiger partial charge is 0.573 e. The van der Waals surface area contributed by atoms with Gasteiger partial charge in [0, 0.05) is 16.8 Å². The van der Waals surface area contributed by atoms with Crippen LogP contribution in [0.5, 0.6) is 11.5 Å². The summed E-state index contributed by atoms with van der Waals surface area (Å²) in [4.78, 5) is 0. The average Bonchev–Trinajstić information content (AvgIpc) is 2.61. The third-order valence-electron chi connectivity index (χ3n) is 3.64. The first-order valence-electron chi connectivity index (χ1n) is 7.84. The second kappa shape index (κ2) is 7.39. The van der Waals surface area contributed by atoms with Gasteiger partial charge in [-0.2, -0.15) is 0 Å². The average molecular weight is 359 g/mol. The Morgan fingerprint density at radius 2 is 1.46 bits per heavy atom. The van der Waals surface area contributed by atoms with Gasteiger partial charge in [0.1, 0.15) is 18.1 Å². The van der Waals surface area contributed by atoms with Crippen molar-refractivity contribution in [1.29, 1.82) is 0 Å². The first-order chi connectivity index (χ1) is 12.4. The molecule has 3 nitrogen and oxygen atoms in total. The molecule has 0 aliphatic heterocycles. The van der Waals surface area contributed by atoms with Gasteiger partial charge in [-0.1, -0.05) is 48.5 Å². The van der Waals surface area contributed by atoms with Crippen LogP contribution in [0, 0.1) is 0 Å². The van der Waals surface area contributed by atoms with Gasteiger partial charge in [0.05, 0.1) is 0 Å². The lowest BCUT2D eigenvalue weighted by atomic mass is 10.0. The summed E-state index contributed by atoms with van der Waals surface area (Å²) in [6.45, 7) is 0.278. The molecule has 134 valence electrons. The van der Waals surface area contributed by atoms with Crippen LogP contribution in [0.15, 0.2) is 72.8 Å². The highest BCUT2D eigenvalue weighted by molar-refractivity contribution is 5.78. The Labute approximate surface area is 148 Å². The van der Waals surface area contributed by atoms with E-state index in [0.717, 1.165) is 5.56 Å². The van der Waals surface area contributed by atoms with Crippen molar-refractivity contribution in [2.24, 2.45) is 0 Å². The van der Waals surface area contributed by atoms with E-state index in [0.29, 0.717) is 17.0 Å². The summed E-state index contributed by atoms with van der Waals surface area (Å²) in [5, 5.41) is 0. The van der Waals surface area contributed by atoms with Gasteiger partial charge in [0.15, 0.2) is 0 Å². The summed E-state index contributed by atoms with van der Waals surface area (Å²) in [6.07, 6.45) is -4.79. The summed E-state index contributed by atoms with van der Waals surface area (Å²) in [5.74, 6) is 0.108. The molecule has 26 heavy (non-hydrogen) atoms. The molecule has 0 unspecified atom stereocenters. The molecule has 3 rings (SSSR count). The number of alkyl halides is 3. The molecule has 0 fully saturated rings. The molecule has 2 N–H and O–H groups in total. The Morgan fingerprint density at radius 3 is 2.19 bits per heavy atom. The van der Waals surface area contributed by atoms with E-state index in [-0.39, 0.29) is 17.9 Å². The fourth-order valence-corrected chi connectivity index (χ4v) is 2.52. The summed E-state index contributed by atoms with van der Waals surface area (Å²) in [6, 6.07) is 20.2. The van der Waals surface area contributed by atoms with Crippen LogP contribution in [-0.4, -0.2) is 6.36 Å². The van der Waals surface area contributed by atoms with Crippen LogP contribution in [0.4, 0.5) is 18.9 Å². The minimum Gasteiger partial charge on any atom is -0.488 e. The van der Waals surface area contributed by atoms with Gasteiger partial charge in [-0.3, -0.25) is 0 Å². The van der Waals surface area contributed by atoms with E-state index < -0.39 is 6.36 Å². The first-order valence-corrected chi connectivity index (χ1v) is 7.84. The van der Waals surface area contributed by atoms with Gasteiger partial charge >= 0.3 is 6.36 Å². The lowest BCUT2D eigenvalue weighted by Crippen LogP contribution is -2.17. The number of ether oxygens (including phenoxy) is 2. The summed E-state index contributed by atoms with van der Waals surface area (Å²) in [5.41, 5.74) is 7.86. The number of hydrogen-bond donors (Lipinski definition) is 1. The van der Waals surface area contributed by atoms with Crippen molar-refractivity contribution in [2.45, 2.75) is 13.0 Å². The second-order valence-corrected chi connectivity index (χ2v) is 5.57. The first kappa shape index (κ1) is 17.7. The highest BCUT2D eigenvalue weighted by Crippen LogP contribution is 2.39. The Balaban J connectivity index is 1.96. The van der Waals surface area contributed by atoms with E-state index in [1.165, 1.54) is 18.2 Å². The van der Waals surface area contributed by atoms with Crippen molar-refractivity contribution in [3.05, 3.63) is 78.4 Å². The number of rotatable bonds is 5. The Hall–Kier alpha value is -3.15. The molecular weight excluding hydrogens is 343 g/mol. The predicted octanol–water partition coefficient (Wildman–Crippen LogP) is 5.41. The topological polar surface area (TPSA) is 44.5 Å². The molecule has 0 spiro atoms. The van der Waals surface area contributed by atoms with Crippen LogP contribution in [0.2, 0.25) is 0 Å². The van der Waals surface area contributed by atoms with Gasteiger partial charge in [-0.05, 0) is 29.8 Å². The van der Waals surface area contributed by atoms with Gasteiger partial charge in [0.2, 0.25) is 0 Å². The lowest BCUT2D eigenvalue weighted by molar-refractivity contribution is -0.274. The molecule has 0 heterocycles. The van der Waals surface area contributed by atoms with Crippen molar-refractivity contribution in [2.75, 3.05) is 5.73 Å². The second-order valence-electron chi connectivity index (χ2n) is 5.57. The zero-order valence-electron chi connectivity index (χ0n) is 13.7. The SMILES string of the molecule is Nc1ccc(OCc2ccccc2)c(-c2ccccc2OC(F)(F)F)c1. The number of nitrogen functional groups attached to an aromatic ring is 1. The van der Waals surface area contributed by atoms with E-state index in [9.17, 15) is 13.2 Å². The fraction of sp³-hybridized carbons (Fsp3) is 0.100. The van der Waals surface area contributed by atoms with E-state index in [4.69, 9.17) is 10.5 Å². The van der Waals surface area contributed by atoms with Crippen molar-refractivity contribution >= 4 is 5.69 Å². The molecular formula is C20H16F3NO2. The summed E-state index contributed by atoms with van der Waals surface area (Å²) < 4.78 is 48.1. The quantitative estimate of drug-likeness (QED) is 0.619. The highest BCUT2D eigenvalue weighted by atomic mass is 19.4. The maximum Gasteiger partial charge on any atom is 0.573 e. The predicted molar refractivity (Wildman–Crippen MR) is 93.7 cm³/mol. The molecule has 0 amide bonds. The minimum atomic E-state index is -4.79. The van der Waals surface area contributed by atoms with Gasteiger partial charge in [-0.15, -0.1) is 13.2 Å². The zero-order valence-corrected chi connectivity index (χ0v) is 13.7. The molecule has 3 aromatic rings. The van der Waals surface area contributed by atoms with Crippen LogP contribution < -0.4 is 15.2 Å². The van der Waals surface area contributed by atoms with E-state index >= 15 is 0 Å². The monoisotopic (exact) mass is 359 g/mol. The molecule has 0 aliphatic carbocycles. The Kier molecular flexibility index (Phi) is 5.02. The number of halogens is 3. The van der Waals surface area contributed by atoms with Gasteiger partial charge < -0.3 is 15.2 Å². The highest BCUT2D eigenvalue weighted by Gasteiger charge is 2.32. The molecule has 0 aromatic heterocycles. The molecule has 0 radical (unpaired) electrons. The maximum atomic E-state index is 12.7. The van der Waals surface area contributed by atoms with E-state index in [2.05, 4.69) is 4.74 Å². The zero-order chi connectivity index (χ0) is 18.6. The standard InChI is InChI=1S/C20H16F3NO2/c21-20(22,23)26-19-9-5-4-8-16(19)17-12-15(24)10-11-18(17)25-13-14-6-2-1-3-7-14/h1-12H,13,24H2. The molecule has 0 aliphatic rings. The maximum absolute atomic E-state index is 12.7.